The number of aromatic nitrogens is 2. The van der Waals surface area contributed by atoms with E-state index in [1.807, 2.05) is 0 Å². The predicted molar refractivity (Wildman–Crippen MR) is 79.3 cm³/mol. The molecular formula is C14H8ClN3O2S. The van der Waals surface area contributed by atoms with Gasteiger partial charge in [0.25, 0.3) is 5.89 Å². The van der Waals surface area contributed by atoms with Gasteiger partial charge in [-0.3, -0.25) is 0 Å². The van der Waals surface area contributed by atoms with Crippen molar-refractivity contribution in [2.45, 2.75) is 0 Å². The molecule has 0 aliphatic carbocycles. The number of rotatable bonds is 3. The highest BCUT2D eigenvalue weighted by atomic mass is 35.5. The first-order valence-electron chi connectivity index (χ1n) is 5.89. The molecule has 21 heavy (non-hydrogen) atoms. The third-order valence-electron chi connectivity index (χ3n) is 2.76. The number of thiophene rings is 1. The van der Waals surface area contributed by atoms with Crippen molar-refractivity contribution >= 4 is 22.9 Å². The summed E-state index contributed by atoms with van der Waals surface area (Å²) in [6.45, 7) is 0. The topological polar surface area (TPSA) is 71.9 Å². The Morgan fingerprint density at radius 2 is 2.19 bits per heavy atom. The SMILES string of the molecule is COc1cc(Cl)ccc1-c1noc(-c2ccc(C#N)s2)n1. The van der Waals surface area contributed by atoms with Gasteiger partial charge in [-0.25, -0.2) is 0 Å². The molecule has 0 aliphatic heterocycles. The number of nitrogens with zero attached hydrogens (tertiary/aromatic N) is 3. The maximum Gasteiger partial charge on any atom is 0.268 e. The lowest BCUT2D eigenvalue weighted by molar-refractivity contribution is 0.413. The number of benzene rings is 1. The molecule has 0 bridgehead atoms. The monoisotopic (exact) mass is 317 g/mol. The molecule has 7 heteroatoms. The van der Waals surface area contributed by atoms with Crippen LogP contribution < -0.4 is 4.74 Å². The lowest BCUT2D eigenvalue weighted by Crippen LogP contribution is -1.89. The highest BCUT2D eigenvalue weighted by molar-refractivity contribution is 7.15. The fourth-order valence-corrected chi connectivity index (χ4v) is 2.68. The van der Waals surface area contributed by atoms with Crippen LogP contribution in [0.25, 0.3) is 22.2 Å². The van der Waals surface area contributed by atoms with Gasteiger partial charge >= 0.3 is 0 Å². The van der Waals surface area contributed by atoms with Crippen LogP contribution in [0.5, 0.6) is 5.75 Å². The molecule has 0 saturated heterocycles. The summed E-state index contributed by atoms with van der Waals surface area (Å²) in [6, 6.07) is 10.8. The summed E-state index contributed by atoms with van der Waals surface area (Å²) in [4.78, 5) is 5.68. The molecule has 104 valence electrons. The molecular weight excluding hydrogens is 310 g/mol. The van der Waals surface area contributed by atoms with Gasteiger partial charge in [0, 0.05) is 5.02 Å². The van der Waals surface area contributed by atoms with Crippen molar-refractivity contribution in [2.24, 2.45) is 0 Å². The average molecular weight is 318 g/mol. The van der Waals surface area contributed by atoms with Crippen molar-refractivity contribution in [1.82, 2.24) is 10.1 Å². The first-order valence-corrected chi connectivity index (χ1v) is 7.08. The molecule has 0 fully saturated rings. The second-order valence-corrected chi connectivity index (χ2v) is 5.56. The molecule has 0 spiro atoms. The quantitative estimate of drug-likeness (QED) is 0.730. The van der Waals surface area contributed by atoms with E-state index in [1.54, 1.807) is 37.4 Å². The summed E-state index contributed by atoms with van der Waals surface area (Å²) in [7, 11) is 1.55. The van der Waals surface area contributed by atoms with Gasteiger partial charge in [0.15, 0.2) is 0 Å². The van der Waals surface area contributed by atoms with E-state index >= 15 is 0 Å². The fourth-order valence-electron chi connectivity index (χ4n) is 1.80. The Balaban J connectivity index is 2.00. The third-order valence-corrected chi connectivity index (χ3v) is 3.97. The van der Waals surface area contributed by atoms with E-state index < -0.39 is 0 Å². The molecule has 2 heterocycles. The van der Waals surface area contributed by atoms with Crippen molar-refractivity contribution in [1.29, 1.82) is 5.26 Å². The van der Waals surface area contributed by atoms with E-state index in [4.69, 9.17) is 26.1 Å². The van der Waals surface area contributed by atoms with E-state index in [2.05, 4.69) is 16.2 Å². The summed E-state index contributed by atoms with van der Waals surface area (Å²) in [5, 5.41) is 13.4. The zero-order valence-corrected chi connectivity index (χ0v) is 12.4. The number of halogens is 1. The molecule has 0 unspecified atom stereocenters. The molecule has 3 aromatic rings. The summed E-state index contributed by atoms with van der Waals surface area (Å²) in [5.41, 5.74) is 0.689. The molecule has 0 atom stereocenters. The largest absolute Gasteiger partial charge is 0.496 e. The van der Waals surface area contributed by atoms with Crippen molar-refractivity contribution in [3.63, 3.8) is 0 Å². The van der Waals surface area contributed by atoms with Crippen molar-refractivity contribution in [3.8, 4) is 34.0 Å². The van der Waals surface area contributed by atoms with Gasteiger partial charge in [0.1, 0.15) is 16.7 Å². The maximum atomic E-state index is 8.84. The van der Waals surface area contributed by atoms with Crippen LogP contribution >= 0.6 is 22.9 Å². The minimum atomic E-state index is 0.369. The minimum absolute atomic E-state index is 0.369. The van der Waals surface area contributed by atoms with Crippen LogP contribution in [0.3, 0.4) is 0 Å². The van der Waals surface area contributed by atoms with Crippen molar-refractivity contribution in [3.05, 3.63) is 40.2 Å². The number of ether oxygens (including phenoxy) is 1. The molecule has 0 radical (unpaired) electrons. The van der Waals surface area contributed by atoms with Crippen LogP contribution in [0.4, 0.5) is 0 Å². The van der Waals surface area contributed by atoms with E-state index in [9.17, 15) is 0 Å². The van der Waals surface area contributed by atoms with E-state index in [0.29, 0.717) is 32.9 Å². The van der Waals surface area contributed by atoms with E-state index in [-0.39, 0.29) is 0 Å². The molecule has 3 rings (SSSR count). The van der Waals surface area contributed by atoms with Gasteiger partial charge in [-0.1, -0.05) is 16.8 Å². The zero-order chi connectivity index (χ0) is 14.8. The molecule has 1 aromatic carbocycles. The highest BCUT2D eigenvalue weighted by Gasteiger charge is 2.16. The summed E-state index contributed by atoms with van der Waals surface area (Å²) < 4.78 is 10.5. The van der Waals surface area contributed by atoms with Crippen LogP contribution in [0.15, 0.2) is 34.9 Å². The van der Waals surface area contributed by atoms with Crippen LogP contribution in [0.2, 0.25) is 5.02 Å². The van der Waals surface area contributed by atoms with Crippen LogP contribution in [-0.4, -0.2) is 17.3 Å². The summed E-state index contributed by atoms with van der Waals surface area (Å²) >= 11 is 7.23. The second-order valence-electron chi connectivity index (χ2n) is 4.04. The summed E-state index contributed by atoms with van der Waals surface area (Å²) in [5.74, 6) is 1.35. The van der Waals surface area contributed by atoms with Gasteiger partial charge in [-0.15, -0.1) is 11.3 Å². The van der Waals surface area contributed by atoms with Crippen LogP contribution in [0, 0.1) is 11.3 Å². The van der Waals surface area contributed by atoms with Gasteiger partial charge in [0.05, 0.1) is 17.6 Å². The van der Waals surface area contributed by atoms with Crippen molar-refractivity contribution < 1.29 is 9.26 Å². The molecule has 0 N–H and O–H groups in total. The van der Waals surface area contributed by atoms with E-state index in [0.717, 1.165) is 4.88 Å². The Morgan fingerprint density at radius 3 is 2.90 bits per heavy atom. The Morgan fingerprint density at radius 1 is 1.33 bits per heavy atom. The maximum absolute atomic E-state index is 8.84. The normalized spacial score (nSPS) is 10.3. The molecule has 2 aromatic heterocycles. The Kier molecular flexibility index (Phi) is 3.60. The Labute approximate surface area is 129 Å². The fraction of sp³-hybridized carbons (Fsp3) is 0.0714. The number of hydrogen-bond acceptors (Lipinski definition) is 6. The average Bonchev–Trinajstić information content (AvgIpc) is 3.15. The van der Waals surface area contributed by atoms with Gasteiger partial charge in [-0.2, -0.15) is 10.2 Å². The zero-order valence-electron chi connectivity index (χ0n) is 10.8. The first-order chi connectivity index (χ1) is 10.2. The second kappa shape index (κ2) is 5.56. The number of nitriles is 1. The standard InChI is InChI=1S/C14H8ClN3O2S/c1-19-11-6-8(15)2-4-10(11)13-17-14(20-18-13)12-5-3-9(7-16)21-12/h2-6H,1H3. The third kappa shape index (κ3) is 2.61. The summed E-state index contributed by atoms with van der Waals surface area (Å²) in [6.07, 6.45) is 0. The predicted octanol–water partition coefficient (Wildman–Crippen LogP) is 4.00. The van der Waals surface area contributed by atoms with Crippen molar-refractivity contribution in [2.75, 3.05) is 7.11 Å². The minimum Gasteiger partial charge on any atom is -0.496 e. The molecule has 0 aliphatic rings. The van der Waals surface area contributed by atoms with Gasteiger partial charge < -0.3 is 9.26 Å². The lowest BCUT2D eigenvalue weighted by atomic mass is 10.2. The van der Waals surface area contributed by atoms with Gasteiger partial charge in [0.2, 0.25) is 5.82 Å². The Bertz CT molecular complexity index is 835. The molecule has 0 amide bonds. The Hall–Kier alpha value is -2.36. The highest BCUT2D eigenvalue weighted by Crippen LogP contribution is 2.33. The molecule has 0 saturated carbocycles. The first kappa shape index (κ1) is 13.6. The number of methoxy groups -OCH3 is 1. The number of hydrogen-bond donors (Lipinski definition) is 0. The van der Waals surface area contributed by atoms with E-state index in [1.165, 1.54) is 11.3 Å². The smallest absolute Gasteiger partial charge is 0.268 e. The van der Waals surface area contributed by atoms with Crippen LogP contribution in [0.1, 0.15) is 4.88 Å². The van der Waals surface area contributed by atoms with Gasteiger partial charge in [-0.05, 0) is 30.3 Å². The molecule has 5 nitrogen and oxygen atoms in total. The van der Waals surface area contributed by atoms with Crippen LogP contribution in [-0.2, 0) is 0 Å². The lowest BCUT2D eigenvalue weighted by Gasteiger charge is -2.04.